The number of amides is 1. The highest BCUT2D eigenvalue weighted by Crippen LogP contribution is 2.45. The topological polar surface area (TPSA) is 39.1 Å². The highest BCUT2D eigenvalue weighted by Gasteiger charge is 2.44. The molecule has 0 spiro atoms. The lowest BCUT2D eigenvalue weighted by Crippen LogP contribution is -2.32. The molecule has 6 heteroatoms. The van der Waals surface area contributed by atoms with Gasteiger partial charge in [-0.3, -0.25) is 4.79 Å². The largest absolute Gasteiger partial charge is 0.378 e. The maximum Gasteiger partial charge on any atom is 0.275 e. The van der Waals surface area contributed by atoms with Crippen molar-refractivity contribution in [1.82, 2.24) is 5.01 Å². The molecule has 5 nitrogen and oxygen atoms in total. The zero-order valence-corrected chi connectivity index (χ0v) is 23.4. The van der Waals surface area contributed by atoms with Crippen molar-refractivity contribution >= 4 is 45.0 Å². The molecular formula is C31H33BrN4O. The molecule has 37 heavy (non-hydrogen) atoms. The molecule has 1 fully saturated rings. The third-order valence-corrected chi connectivity index (χ3v) is 8.01. The van der Waals surface area contributed by atoms with Crippen molar-refractivity contribution in [2.75, 3.05) is 38.0 Å². The number of hydrogen-bond donors (Lipinski definition) is 0. The van der Waals surface area contributed by atoms with Gasteiger partial charge in [0.05, 0.1) is 17.3 Å². The van der Waals surface area contributed by atoms with Gasteiger partial charge in [-0.2, -0.15) is 5.10 Å². The molecular weight excluding hydrogens is 524 g/mol. The molecule has 0 saturated heterocycles. The summed E-state index contributed by atoms with van der Waals surface area (Å²) in [4.78, 5) is 18.1. The summed E-state index contributed by atoms with van der Waals surface area (Å²) < 4.78 is 0.786. The minimum atomic E-state index is -0.134. The van der Waals surface area contributed by atoms with Crippen molar-refractivity contribution < 1.29 is 4.79 Å². The Balaban J connectivity index is 1.55. The van der Waals surface area contributed by atoms with Gasteiger partial charge in [0.2, 0.25) is 0 Å². The van der Waals surface area contributed by atoms with Gasteiger partial charge in [-0.15, -0.1) is 0 Å². The van der Waals surface area contributed by atoms with Crippen LogP contribution in [0.1, 0.15) is 46.8 Å². The van der Waals surface area contributed by atoms with Crippen molar-refractivity contribution in [3.8, 4) is 0 Å². The third-order valence-electron chi connectivity index (χ3n) is 7.32. The predicted molar refractivity (Wildman–Crippen MR) is 157 cm³/mol. The second kappa shape index (κ2) is 10.5. The number of rotatable bonds is 5. The molecule has 0 N–H and O–H groups in total. The summed E-state index contributed by atoms with van der Waals surface area (Å²) in [6.07, 6.45) is 5.31. The van der Waals surface area contributed by atoms with E-state index in [1.807, 2.05) is 52.5 Å². The fraction of sp³-hybridized carbons (Fsp3) is 0.290. The highest BCUT2D eigenvalue weighted by molar-refractivity contribution is 9.10. The molecule has 1 amide bonds. The summed E-state index contributed by atoms with van der Waals surface area (Å²) >= 11 is 3.58. The number of allylic oxidation sites excluding steroid dienone is 1. The van der Waals surface area contributed by atoms with Crippen LogP contribution in [0.2, 0.25) is 0 Å². The Morgan fingerprint density at radius 3 is 2.16 bits per heavy atom. The van der Waals surface area contributed by atoms with E-state index < -0.39 is 0 Å². The Kier molecular flexibility index (Phi) is 7.20. The molecule has 1 aliphatic heterocycles. The zero-order chi connectivity index (χ0) is 26.1. The van der Waals surface area contributed by atoms with Crippen molar-refractivity contribution in [2.45, 2.75) is 25.3 Å². The van der Waals surface area contributed by atoms with E-state index in [2.05, 4.69) is 80.3 Å². The van der Waals surface area contributed by atoms with Crippen molar-refractivity contribution in [1.29, 1.82) is 0 Å². The van der Waals surface area contributed by atoms with Crippen molar-refractivity contribution in [3.05, 3.63) is 99.5 Å². The van der Waals surface area contributed by atoms with E-state index in [4.69, 9.17) is 5.10 Å². The quantitative estimate of drug-likeness (QED) is 0.339. The standard InChI is InChI=1S/C31H33BrN4O/c1-34(2)24-16-12-21(13-17-24)20-23-8-7-10-27-29(23)33-36(31(37)26-9-5-6-11-28(26)32)30(27)22-14-18-25(19-15-22)35(3)4/h5-6,9,11-20,27,30H,7-8,10H2,1-4H3/b23-20+. The van der Waals surface area contributed by atoms with Gasteiger partial charge in [0, 0.05) is 50.0 Å². The number of fused-ring (bicyclic) bond motifs is 1. The molecule has 2 atom stereocenters. The third kappa shape index (κ3) is 5.08. The van der Waals surface area contributed by atoms with Crippen LogP contribution in [0.25, 0.3) is 6.08 Å². The highest BCUT2D eigenvalue weighted by atomic mass is 79.9. The SMILES string of the molecule is CN(C)c1ccc(/C=C2\CCCC3C2=NN(C(=O)c2ccccc2Br)C3c2ccc(N(C)C)cc2)cc1. The van der Waals surface area contributed by atoms with Gasteiger partial charge in [0.15, 0.2) is 0 Å². The molecule has 1 saturated carbocycles. The molecule has 0 aromatic heterocycles. The first-order valence-electron chi connectivity index (χ1n) is 12.8. The Morgan fingerprint density at radius 1 is 0.919 bits per heavy atom. The minimum absolute atomic E-state index is 0.0780. The van der Waals surface area contributed by atoms with Crippen LogP contribution in [-0.2, 0) is 0 Å². The molecule has 3 aromatic rings. The average Bonchev–Trinajstić information content (AvgIpc) is 3.29. The first-order valence-corrected chi connectivity index (χ1v) is 13.5. The monoisotopic (exact) mass is 556 g/mol. The van der Waals surface area contributed by atoms with E-state index in [0.29, 0.717) is 5.56 Å². The minimum Gasteiger partial charge on any atom is -0.378 e. The van der Waals surface area contributed by atoms with Crippen LogP contribution in [0, 0.1) is 5.92 Å². The van der Waals surface area contributed by atoms with Gasteiger partial charge >= 0.3 is 0 Å². The van der Waals surface area contributed by atoms with Crippen LogP contribution in [0.5, 0.6) is 0 Å². The van der Waals surface area contributed by atoms with Gasteiger partial charge in [-0.25, -0.2) is 5.01 Å². The van der Waals surface area contributed by atoms with E-state index in [-0.39, 0.29) is 17.9 Å². The molecule has 2 unspecified atom stereocenters. The van der Waals surface area contributed by atoms with Crippen LogP contribution >= 0.6 is 15.9 Å². The maximum absolute atomic E-state index is 13.9. The van der Waals surface area contributed by atoms with Crippen LogP contribution < -0.4 is 9.80 Å². The van der Waals surface area contributed by atoms with Crippen LogP contribution in [0.3, 0.4) is 0 Å². The molecule has 1 heterocycles. The smallest absolute Gasteiger partial charge is 0.275 e. The first kappa shape index (κ1) is 25.3. The molecule has 0 bridgehead atoms. The van der Waals surface area contributed by atoms with E-state index in [9.17, 15) is 4.79 Å². The van der Waals surface area contributed by atoms with Crippen LogP contribution in [0.4, 0.5) is 11.4 Å². The van der Waals surface area contributed by atoms with E-state index in [0.717, 1.165) is 46.3 Å². The van der Waals surface area contributed by atoms with E-state index >= 15 is 0 Å². The summed E-state index contributed by atoms with van der Waals surface area (Å²) in [5.74, 6) is 0.0865. The Labute approximate surface area is 228 Å². The van der Waals surface area contributed by atoms with Gasteiger partial charge < -0.3 is 9.80 Å². The Hall–Kier alpha value is -3.38. The molecule has 2 aliphatic rings. The van der Waals surface area contributed by atoms with Crippen molar-refractivity contribution in [2.24, 2.45) is 11.0 Å². The number of carbonyl (C=O) groups is 1. The second-order valence-corrected chi connectivity index (χ2v) is 11.1. The summed E-state index contributed by atoms with van der Waals surface area (Å²) in [6, 6.07) is 24.6. The number of hydrogen-bond acceptors (Lipinski definition) is 4. The lowest BCUT2D eigenvalue weighted by atomic mass is 9.77. The number of anilines is 2. The summed E-state index contributed by atoms with van der Waals surface area (Å²) in [6.45, 7) is 0. The summed E-state index contributed by atoms with van der Waals surface area (Å²) in [7, 11) is 8.18. The summed E-state index contributed by atoms with van der Waals surface area (Å²) in [5, 5.41) is 6.79. The maximum atomic E-state index is 13.9. The number of hydrazone groups is 1. The predicted octanol–water partition coefficient (Wildman–Crippen LogP) is 7.02. The Morgan fingerprint density at radius 2 is 1.54 bits per heavy atom. The van der Waals surface area contributed by atoms with Crippen molar-refractivity contribution in [3.63, 3.8) is 0 Å². The first-order chi connectivity index (χ1) is 17.8. The fourth-order valence-electron chi connectivity index (χ4n) is 5.30. The molecule has 5 rings (SSSR count). The number of benzene rings is 3. The van der Waals surface area contributed by atoms with Gasteiger partial charge in [0.25, 0.3) is 5.91 Å². The lowest BCUT2D eigenvalue weighted by Gasteiger charge is -2.30. The molecule has 0 radical (unpaired) electrons. The molecule has 1 aliphatic carbocycles. The van der Waals surface area contributed by atoms with E-state index in [1.165, 1.54) is 11.3 Å². The summed E-state index contributed by atoms with van der Waals surface area (Å²) in [5.41, 5.74) is 7.49. The lowest BCUT2D eigenvalue weighted by molar-refractivity contribution is 0.0680. The number of halogens is 1. The van der Waals surface area contributed by atoms with Gasteiger partial charge in [-0.05, 0) is 94.4 Å². The second-order valence-electron chi connectivity index (χ2n) is 10.2. The van der Waals surface area contributed by atoms with Gasteiger partial charge in [-0.1, -0.05) is 36.4 Å². The average molecular weight is 558 g/mol. The fourth-order valence-corrected chi connectivity index (χ4v) is 5.75. The van der Waals surface area contributed by atoms with Crippen LogP contribution in [0.15, 0.2) is 87.9 Å². The Bertz CT molecular complexity index is 1340. The van der Waals surface area contributed by atoms with E-state index in [1.54, 1.807) is 5.01 Å². The van der Waals surface area contributed by atoms with Crippen LogP contribution in [-0.4, -0.2) is 44.8 Å². The van der Waals surface area contributed by atoms with Gasteiger partial charge in [0.1, 0.15) is 0 Å². The number of nitrogens with zero attached hydrogens (tertiary/aromatic N) is 4. The zero-order valence-electron chi connectivity index (χ0n) is 21.9. The molecule has 190 valence electrons. The molecule has 3 aromatic carbocycles. The number of carbonyl (C=O) groups excluding carboxylic acids is 1. The normalized spacial score (nSPS) is 20.0.